The van der Waals surface area contributed by atoms with Gasteiger partial charge in [0.15, 0.2) is 6.29 Å². The maximum absolute atomic E-state index is 10.7. The molecule has 0 unspecified atom stereocenters. The molecule has 6 heteroatoms. The fraction of sp³-hybridized carbons (Fsp3) is 0.333. The molecule has 3 aromatic carbocycles. The van der Waals surface area contributed by atoms with Crippen molar-refractivity contribution in [2.75, 3.05) is 6.61 Å². The number of benzene rings is 3. The van der Waals surface area contributed by atoms with Gasteiger partial charge in [-0.05, 0) is 16.7 Å². The zero-order valence-corrected chi connectivity index (χ0v) is 18.4. The second-order valence-electron chi connectivity index (χ2n) is 8.08. The van der Waals surface area contributed by atoms with Crippen molar-refractivity contribution >= 4 is 0 Å². The first-order valence-electron chi connectivity index (χ1n) is 11.1. The number of aliphatic hydroxyl groups excluding tert-OH is 2. The lowest BCUT2D eigenvalue weighted by Gasteiger charge is -2.42. The normalized spacial score (nSPS) is 25.1. The van der Waals surface area contributed by atoms with Gasteiger partial charge in [-0.25, -0.2) is 0 Å². The molecule has 174 valence electrons. The molecule has 1 heterocycles. The van der Waals surface area contributed by atoms with Crippen LogP contribution in [0.3, 0.4) is 0 Å². The molecular formula is C27H30O6. The van der Waals surface area contributed by atoms with Gasteiger partial charge in [0.25, 0.3) is 0 Å². The largest absolute Gasteiger partial charge is 0.385 e. The molecule has 5 atom stereocenters. The Bertz CT molecular complexity index is 937. The van der Waals surface area contributed by atoms with Crippen molar-refractivity contribution in [3.8, 4) is 0 Å². The number of rotatable bonds is 10. The predicted molar refractivity (Wildman–Crippen MR) is 123 cm³/mol. The Morgan fingerprint density at radius 1 is 0.606 bits per heavy atom. The molecule has 6 nitrogen and oxygen atoms in total. The van der Waals surface area contributed by atoms with Crippen molar-refractivity contribution in [3.63, 3.8) is 0 Å². The highest BCUT2D eigenvalue weighted by molar-refractivity contribution is 5.15. The van der Waals surface area contributed by atoms with Crippen molar-refractivity contribution < 1.29 is 29.2 Å². The topological polar surface area (TPSA) is 77.4 Å². The Labute approximate surface area is 194 Å². The Morgan fingerprint density at radius 3 is 1.58 bits per heavy atom. The third-order valence-corrected chi connectivity index (χ3v) is 5.60. The van der Waals surface area contributed by atoms with E-state index in [1.54, 1.807) is 0 Å². The standard InChI is InChI=1S/C27H30O6/c28-24-26(32-18-22-14-8-3-9-15-22)25(31-17-21-12-6-2-7-13-21)23(33-27(24)29)19-30-16-20-10-4-1-5-11-20/h1-15,23-29H,16-19H2/t23-,24-,25-,26-,27+/m1/s1. The average molecular weight is 451 g/mol. The van der Waals surface area contributed by atoms with Crippen molar-refractivity contribution in [3.05, 3.63) is 108 Å². The molecule has 1 aliphatic heterocycles. The van der Waals surface area contributed by atoms with Gasteiger partial charge in [0.2, 0.25) is 0 Å². The molecule has 0 amide bonds. The fourth-order valence-electron chi connectivity index (χ4n) is 3.84. The summed E-state index contributed by atoms with van der Waals surface area (Å²) in [5.74, 6) is 0. The van der Waals surface area contributed by atoms with Crippen LogP contribution >= 0.6 is 0 Å². The SMILES string of the molecule is O[C@@H]1[C@@H](OCc2ccccc2)[C@H](OCc2ccccc2)[C@@H](COCc2ccccc2)O[C@@H]1O. The van der Waals surface area contributed by atoms with Crippen LogP contribution in [0.5, 0.6) is 0 Å². The van der Waals surface area contributed by atoms with Crippen molar-refractivity contribution in [2.24, 2.45) is 0 Å². The quantitative estimate of drug-likeness (QED) is 0.493. The van der Waals surface area contributed by atoms with Gasteiger partial charge in [-0.2, -0.15) is 0 Å². The summed E-state index contributed by atoms with van der Waals surface area (Å²) >= 11 is 0. The maximum atomic E-state index is 10.7. The molecule has 33 heavy (non-hydrogen) atoms. The van der Waals surface area contributed by atoms with Crippen LogP contribution in [0, 0.1) is 0 Å². The molecule has 0 aromatic heterocycles. The fourth-order valence-corrected chi connectivity index (χ4v) is 3.84. The van der Waals surface area contributed by atoms with Crippen LogP contribution in [0.4, 0.5) is 0 Å². The zero-order valence-electron chi connectivity index (χ0n) is 18.4. The van der Waals surface area contributed by atoms with Crippen molar-refractivity contribution in [1.29, 1.82) is 0 Å². The molecule has 0 saturated carbocycles. The third-order valence-electron chi connectivity index (χ3n) is 5.60. The van der Waals surface area contributed by atoms with Crippen LogP contribution < -0.4 is 0 Å². The van der Waals surface area contributed by atoms with E-state index in [-0.39, 0.29) is 13.2 Å². The minimum Gasteiger partial charge on any atom is -0.385 e. The van der Waals surface area contributed by atoms with E-state index in [1.165, 1.54) is 0 Å². The smallest absolute Gasteiger partial charge is 0.184 e. The van der Waals surface area contributed by atoms with E-state index in [2.05, 4.69) is 0 Å². The van der Waals surface area contributed by atoms with E-state index in [4.69, 9.17) is 18.9 Å². The maximum Gasteiger partial charge on any atom is 0.184 e. The van der Waals surface area contributed by atoms with E-state index in [0.29, 0.717) is 13.2 Å². The summed E-state index contributed by atoms with van der Waals surface area (Å²) in [4.78, 5) is 0. The molecule has 1 saturated heterocycles. The summed E-state index contributed by atoms with van der Waals surface area (Å²) in [5, 5.41) is 21.1. The molecule has 0 aliphatic carbocycles. The van der Waals surface area contributed by atoms with Crippen LogP contribution in [0.1, 0.15) is 16.7 Å². The Kier molecular flexibility index (Phi) is 8.60. The van der Waals surface area contributed by atoms with Gasteiger partial charge in [0.1, 0.15) is 24.4 Å². The number of aliphatic hydroxyl groups is 2. The van der Waals surface area contributed by atoms with Crippen LogP contribution in [0.25, 0.3) is 0 Å². The van der Waals surface area contributed by atoms with Crippen molar-refractivity contribution in [2.45, 2.75) is 50.5 Å². The van der Waals surface area contributed by atoms with Crippen LogP contribution in [0.15, 0.2) is 91.0 Å². The highest BCUT2D eigenvalue weighted by Gasteiger charge is 2.46. The van der Waals surface area contributed by atoms with E-state index >= 15 is 0 Å². The minimum atomic E-state index is -1.40. The van der Waals surface area contributed by atoms with Gasteiger partial charge >= 0.3 is 0 Å². The predicted octanol–water partition coefficient (Wildman–Crippen LogP) is 3.45. The van der Waals surface area contributed by atoms with E-state index < -0.39 is 30.7 Å². The molecule has 0 spiro atoms. The first-order chi connectivity index (χ1) is 16.2. The van der Waals surface area contributed by atoms with Gasteiger partial charge < -0.3 is 29.2 Å². The summed E-state index contributed by atoms with van der Waals surface area (Å²) in [7, 11) is 0. The van der Waals surface area contributed by atoms with Crippen LogP contribution in [-0.4, -0.2) is 47.5 Å². The molecular weight excluding hydrogens is 420 g/mol. The summed E-state index contributed by atoms with van der Waals surface area (Å²) in [6.07, 6.45) is -4.68. The van der Waals surface area contributed by atoms with Crippen LogP contribution in [0.2, 0.25) is 0 Å². The lowest BCUT2D eigenvalue weighted by Crippen LogP contribution is -2.60. The highest BCUT2D eigenvalue weighted by Crippen LogP contribution is 2.27. The molecule has 1 fully saturated rings. The van der Waals surface area contributed by atoms with E-state index in [9.17, 15) is 10.2 Å². The lowest BCUT2D eigenvalue weighted by molar-refractivity contribution is -0.307. The molecule has 3 aromatic rings. The minimum absolute atomic E-state index is 0.184. The Morgan fingerprint density at radius 2 is 1.06 bits per heavy atom. The summed E-state index contributed by atoms with van der Waals surface area (Å²) in [6, 6.07) is 29.3. The van der Waals surface area contributed by atoms with Gasteiger partial charge in [-0.1, -0.05) is 91.0 Å². The van der Waals surface area contributed by atoms with E-state index in [0.717, 1.165) is 16.7 Å². The molecule has 2 N–H and O–H groups in total. The average Bonchev–Trinajstić information content (AvgIpc) is 2.86. The first-order valence-corrected chi connectivity index (χ1v) is 11.1. The van der Waals surface area contributed by atoms with E-state index in [1.807, 2.05) is 91.0 Å². The zero-order chi connectivity index (χ0) is 22.9. The molecule has 1 aliphatic rings. The van der Waals surface area contributed by atoms with Crippen molar-refractivity contribution in [1.82, 2.24) is 0 Å². The molecule has 0 radical (unpaired) electrons. The Hall–Kier alpha value is -2.58. The monoisotopic (exact) mass is 450 g/mol. The number of hydrogen-bond donors (Lipinski definition) is 2. The number of hydrogen-bond acceptors (Lipinski definition) is 6. The first kappa shape index (κ1) is 23.6. The summed E-state index contributed by atoms with van der Waals surface area (Å²) in [5.41, 5.74) is 2.99. The van der Waals surface area contributed by atoms with Gasteiger partial charge in [-0.3, -0.25) is 0 Å². The van der Waals surface area contributed by atoms with Gasteiger partial charge in [0.05, 0.1) is 26.4 Å². The third kappa shape index (κ3) is 6.71. The second-order valence-corrected chi connectivity index (χ2v) is 8.08. The Balaban J connectivity index is 1.46. The summed E-state index contributed by atoms with van der Waals surface area (Å²) in [6.45, 7) is 1.18. The van der Waals surface area contributed by atoms with Crippen LogP contribution in [-0.2, 0) is 38.8 Å². The molecule has 4 rings (SSSR count). The number of ether oxygens (including phenoxy) is 4. The molecule has 0 bridgehead atoms. The van der Waals surface area contributed by atoms with Gasteiger partial charge in [0, 0.05) is 0 Å². The second kappa shape index (κ2) is 12.0. The van der Waals surface area contributed by atoms with Gasteiger partial charge in [-0.15, -0.1) is 0 Å². The highest BCUT2D eigenvalue weighted by atomic mass is 16.7. The lowest BCUT2D eigenvalue weighted by atomic mass is 9.98. The summed E-state index contributed by atoms with van der Waals surface area (Å²) < 4.78 is 23.9.